The average Bonchev–Trinajstić information content (AvgIpc) is 3.09. The Morgan fingerprint density at radius 3 is 3.12 bits per heavy atom. The molecule has 1 amide bonds. The highest BCUT2D eigenvalue weighted by Gasteiger charge is 2.29. The number of hydrogen-bond acceptors (Lipinski definition) is 4. The monoisotopic (exact) mass is 232 g/mol. The molecule has 6 nitrogen and oxygen atoms in total. The zero-order valence-corrected chi connectivity index (χ0v) is 9.19. The minimum atomic E-state index is -0.0999. The number of nitrogens with zero attached hydrogens (tertiary/aromatic N) is 4. The molecule has 2 aromatic rings. The zero-order valence-electron chi connectivity index (χ0n) is 9.19. The van der Waals surface area contributed by atoms with Gasteiger partial charge in [0.15, 0.2) is 0 Å². The molecule has 17 heavy (non-hydrogen) atoms. The molecule has 1 saturated heterocycles. The van der Waals surface area contributed by atoms with Gasteiger partial charge < -0.3 is 9.42 Å². The summed E-state index contributed by atoms with van der Waals surface area (Å²) in [6.45, 7) is 1.39. The molecule has 6 heteroatoms. The summed E-state index contributed by atoms with van der Waals surface area (Å²) >= 11 is 0. The van der Waals surface area contributed by atoms with Crippen molar-refractivity contribution in [1.29, 1.82) is 0 Å². The molecule has 1 unspecified atom stereocenters. The van der Waals surface area contributed by atoms with Gasteiger partial charge in [0.05, 0.1) is 12.2 Å². The first kappa shape index (κ1) is 10.1. The van der Waals surface area contributed by atoms with E-state index in [1.54, 1.807) is 17.2 Å². The van der Waals surface area contributed by atoms with Crippen molar-refractivity contribution in [3.8, 4) is 0 Å². The maximum atomic E-state index is 12.0. The minimum absolute atomic E-state index is 0.0999. The Morgan fingerprint density at radius 1 is 1.47 bits per heavy atom. The first-order chi connectivity index (χ1) is 8.34. The molecule has 1 aliphatic rings. The van der Waals surface area contributed by atoms with Crippen LogP contribution in [0.5, 0.6) is 0 Å². The molecule has 0 radical (unpaired) electrons. The van der Waals surface area contributed by atoms with Crippen LogP contribution in [0, 0.1) is 0 Å². The molecule has 3 rings (SSSR count). The maximum Gasteiger partial charge on any atom is 0.292 e. The third-order valence-corrected chi connectivity index (χ3v) is 3.00. The van der Waals surface area contributed by atoms with Crippen LogP contribution in [0.3, 0.4) is 0 Å². The second kappa shape index (κ2) is 4.04. The quantitative estimate of drug-likeness (QED) is 0.773. The van der Waals surface area contributed by atoms with Gasteiger partial charge in [0.1, 0.15) is 0 Å². The van der Waals surface area contributed by atoms with E-state index < -0.39 is 0 Å². The number of rotatable bonds is 2. The molecule has 0 spiro atoms. The van der Waals surface area contributed by atoms with Crippen molar-refractivity contribution in [2.24, 2.45) is 0 Å². The lowest BCUT2D eigenvalue weighted by atomic mass is 10.3. The first-order valence-electron chi connectivity index (χ1n) is 5.53. The Labute approximate surface area is 97.8 Å². The largest absolute Gasteiger partial charge is 0.351 e. The van der Waals surface area contributed by atoms with E-state index in [4.69, 9.17) is 4.52 Å². The summed E-state index contributed by atoms with van der Waals surface area (Å²) in [5.74, 6) is 0.197. The second-order valence-corrected chi connectivity index (χ2v) is 4.06. The van der Waals surface area contributed by atoms with Crippen LogP contribution in [-0.2, 0) is 0 Å². The Kier molecular flexibility index (Phi) is 2.40. The fourth-order valence-electron chi connectivity index (χ4n) is 2.12. The van der Waals surface area contributed by atoms with Crippen LogP contribution in [0.4, 0.5) is 0 Å². The van der Waals surface area contributed by atoms with Crippen LogP contribution in [-0.4, -0.2) is 38.8 Å². The lowest BCUT2D eigenvalue weighted by molar-refractivity contribution is 0.0745. The standard InChI is InChI=1S/C11H12N4O2/c16-11(10-2-5-13-17-10)14-7-3-9(8-14)15-6-1-4-12-15/h1-2,4-6,9H,3,7-8H2. The molecule has 2 aromatic heterocycles. The number of carbonyl (C=O) groups excluding carboxylic acids is 1. The summed E-state index contributed by atoms with van der Waals surface area (Å²) in [5.41, 5.74) is 0. The van der Waals surface area contributed by atoms with Gasteiger partial charge in [-0.1, -0.05) is 5.16 Å². The van der Waals surface area contributed by atoms with Gasteiger partial charge in [0, 0.05) is 31.5 Å². The molecule has 1 atom stereocenters. The fourth-order valence-corrected chi connectivity index (χ4v) is 2.12. The molecule has 1 aliphatic heterocycles. The van der Waals surface area contributed by atoms with Crippen LogP contribution in [0.25, 0.3) is 0 Å². The molecule has 0 aliphatic carbocycles. The van der Waals surface area contributed by atoms with Gasteiger partial charge in [-0.2, -0.15) is 5.10 Å². The highest BCUT2D eigenvalue weighted by Crippen LogP contribution is 2.22. The predicted octanol–water partition coefficient (Wildman–Crippen LogP) is 0.958. The Hall–Kier alpha value is -2.11. The van der Waals surface area contributed by atoms with Crippen LogP contribution >= 0.6 is 0 Å². The summed E-state index contributed by atoms with van der Waals surface area (Å²) in [6, 6.07) is 3.74. The van der Waals surface area contributed by atoms with E-state index in [9.17, 15) is 4.79 Å². The van der Waals surface area contributed by atoms with Gasteiger partial charge in [-0.15, -0.1) is 0 Å². The molecule has 0 N–H and O–H groups in total. The molecule has 88 valence electrons. The molecule has 0 bridgehead atoms. The van der Waals surface area contributed by atoms with E-state index in [2.05, 4.69) is 10.3 Å². The summed E-state index contributed by atoms with van der Waals surface area (Å²) in [5, 5.41) is 7.74. The van der Waals surface area contributed by atoms with Crippen molar-refractivity contribution >= 4 is 5.91 Å². The van der Waals surface area contributed by atoms with Crippen molar-refractivity contribution in [1.82, 2.24) is 19.8 Å². The summed E-state index contributed by atoms with van der Waals surface area (Å²) in [7, 11) is 0. The van der Waals surface area contributed by atoms with E-state index in [0.717, 1.165) is 13.0 Å². The van der Waals surface area contributed by atoms with Crippen molar-refractivity contribution < 1.29 is 9.32 Å². The zero-order chi connectivity index (χ0) is 11.7. The van der Waals surface area contributed by atoms with E-state index in [-0.39, 0.29) is 11.9 Å². The number of hydrogen-bond donors (Lipinski definition) is 0. The third kappa shape index (κ3) is 1.82. The lowest BCUT2D eigenvalue weighted by Gasteiger charge is -2.14. The number of amides is 1. The van der Waals surface area contributed by atoms with Crippen LogP contribution in [0.2, 0.25) is 0 Å². The molecule has 1 fully saturated rings. The van der Waals surface area contributed by atoms with Crippen LogP contribution in [0.15, 0.2) is 35.2 Å². The SMILES string of the molecule is O=C(c1ccno1)N1CCC(n2cccn2)C1. The van der Waals surface area contributed by atoms with Gasteiger partial charge in [-0.05, 0) is 12.5 Å². The Bertz CT molecular complexity index is 492. The Balaban J connectivity index is 1.70. The van der Waals surface area contributed by atoms with Gasteiger partial charge in [0.25, 0.3) is 5.91 Å². The number of carbonyl (C=O) groups is 1. The maximum absolute atomic E-state index is 12.0. The number of aromatic nitrogens is 3. The highest BCUT2D eigenvalue weighted by atomic mass is 16.5. The lowest BCUT2D eigenvalue weighted by Crippen LogP contribution is -2.28. The fraction of sp³-hybridized carbons (Fsp3) is 0.364. The van der Waals surface area contributed by atoms with Gasteiger partial charge >= 0.3 is 0 Å². The summed E-state index contributed by atoms with van der Waals surface area (Å²) in [4.78, 5) is 13.8. The van der Waals surface area contributed by atoms with E-state index in [1.165, 1.54) is 6.20 Å². The third-order valence-electron chi connectivity index (χ3n) is 3.00. The molecular formula is C11H12N4O2. The van der Waals surface area contributed by atoms with Crippen molar-refractivity contribution in [3.05, 3.63) is 36.5 Å². The molecule has 0 aromatic carbocycles. The van der Waals surface area contributed by atoms with E-state index in [1.807, 2.05) is 16.9 Å². The minimum Gasteiger partial charge on any atom is -0.351 e. The topological polar surface area (TPSA) is 64.2 Å². The van der Waals surface area contributed by atoms with Crippen molar-refractivity contribution in [2.45, 2.75) is 12.5 Å². The number of likely N-dealkylation sites (tertiary alicyclic amines) is 1. The predicted molar refractivity (Wildman–Crippen MR) is 58.3 cm³/mol. The molecular weight excluding hydrogens is 220 g/mol. The van der Waals surface area contributed by atoms with Gasteiger partial charge in [-0.3, -0.25) is 9.48 Å². The van der Waals surface area contributed by atoms with Crippen molar-refractivity contribution in [3.63, 3.8) is 0 Å². The summed E-state index contributed by atoms with van der Waals surface area (Å²) < 4.78 is 6.77. The molecule has 3 heterocycles. The Morgan fingerprint density at radius 2 is 2.41 bits per heavy atom. The van der Waals surface area contributed by atoms with Crippen LogP contribution < -0.4 is 0 Å². The first-order valence-corrected chi connectivity index (χ1v) is 5.53. The van der Waals surface area contributed by atoms with E-state index >= 15 is 0 Å². The van der Waals surface area contributed by atoms with Gasteiger partial charge in [-0.25, -0.2) is 0 Å². The smallest absolute Gasteiger partial charge is 0.292 e. The average molecular weight is 232 g/mol. The molecule has 0 saturated carbocycles. The highest BCUT2D eigenvalue weighted by molar-refractivity contribution is 5.91. The van der Waals surface area contributed by atoms with Crippen LogP contribution in [0.1, 0.15) is 23.0 Å². The van der Waals surface area contributed by atoms with E-state index in [0.29, 0.717) is 12.3 Å². The van der Waals surface area contributed by atoms with Crippen molar-refractivity contribution in [2.75, 3.05) is 13.1 Å². The normalized spacial score (nSPS) is 19.8. The second-order valence-electron chi connectivity index (χ2n) is 4.06. The van der Waals surface area contributed by atoms with Gasteiger partial charge in [0.2, 0.25) is 5.76 Å². The summed E-state index contributed by atoms with van der Waals surface area (Å²) in [6.07, 6.45) is 6.07.